The van der Waals surface area contributed by atoms with Crippen molar-refractivity contribution in [2.75, 3.05) is 20.8 Å². The molecule has 0 saturated heterocycles. The van der Waals surface area contributed by atoms with Gasteiger partial charge in [-0.15, -0.1) is 0 Å². The van der Waals surface area contributed by atoms with Crippen LogP contribution in [0, 0.1) is 0 Å². The molecule has 0 aromatic heterocycles. The summed E-state index contributed by atoms with van der Waals surface area (Å²) in [5.41, 5.74) is 1.13. The molecule has 0 spiro atoms. The second kappa shape index (κ2) is 9.53. The fourth-order valence-corrected chi connectivity index (χ4v) is 1.73. The van der Waals surface area contributed by atoms with Crippen molar-refractivity contribution in [3.05, 3.63) is 35.9 Å². The van der Waals surface area contributed by atoms with Crippen molar-refractivity contribution in [1.29, 1.82) is 0 Å². The molecule has 0 aliphatic rings. The second-order valence-electron chi connectivity index (χ2n) is 4.31. The van der Waals surface area contributed by atoms with Crippen molar-refractivity contribution in [2.24, 2.45) is 0 Å². The van der Waals surface area contributed by atoms with Crippen LogP contribution in [-0.2, 0) is 25.6 Å². The molecule has 106 valence electrons. The molecule has 0 saturated carbocycles. The number of methoxy groups -OCH3 is 2. The van der Waals surface area contributed by atoms with Crippen LogP contribution in [0.3, 0.4) is 0 Å². The Morgan fingerprint density at radius 3 is 2.53 bits per heavy atom. The summed E-state index contributed by atoms with van der Waals surface area (Å²) < 4.78 is 15.5. The summed E-state index contributed by atoms with van der Waals surface area (Å²) in [6.07, 6.45) is 1.82. The number of esters is 1. The highest BCUT2D eigenvalue weighted by Gasteiger charge is 2.12. The molecule has 4 heteroatoms. The first-order valence-corrected chi connectivity index (χ1v) is 6.47. The number of carbonyl (C=O) groups is 1. The molecular formula is C15H22O4. The maximum Gasteiger partial charge on any atom is 0.305 e. The Bertz CT molecular complexity index is 350. The summed E-state index contributed by atoms with van der Waals surface area (Å²) >= 11 is 0. The van der Waals surface area contributed by atoms with Gasteiger partial charge in [-0.2, -0.15) is 0 Å². The zero-order valence-corrected chi connectivity index (χ0v) is 11.6. The van der Waals surface area contributed by atoms with Crippen molar-refractivity contribution in [3.8, 4) is 0 Å². The molecule has 0 heterocycles. The van der Waals surface area contributed by atoms with E-state index in [4.69, 9.17) is 9.47 Å². The van der Waals surface area contributed by atoms with E-state index in [9.17, 15) is 4.79 Å². The summed E-state index contributed by atoms with van der Waals surface area (Å²) in [6, 6.07) is 9.99. The summed E-state index contributed by atoms with van der Waals surface area (Å²) in [7, 11) is 3.06. The number of ether oxygens (including phenoxy) is 3. The average molecular weight is 266 g/mol. The molecule has 0 aliphatic heterocycles. The lowest BCUT2D eigenvalue weighted by Gasteiger charge is -2.17. The third-order valence-electron chi connectivity index (χ3n) is 2.87. The van der Waals surface area contributed by atoms with E-state index in [-0.39, 0.29) is 12.1 Å². The number of benzene rings is 1. The highest BCUT2D eigenvalue weighted by Crippen LogP contribution is 2.11. The standard InChI is InChI=1S/C15H22O4/c1-17-11-10-14(8-9-15(16)18-2)19-12-13-6-4-3-5-7-13/h3-7,14H,8-12H2,1-2H3. The molecule has 1 rings (SSSR count). The van der Waals surface area contributed by atoms with Gasteiger partial charge in [0.05, 0.1) is 19.8 Å². The van der Waals surface area contributed by atoms with E-state index in [0.29, 0.717) is 26.1 Å². The monoisotopic (exact) mass is 266 g/mol. The molecule has 0 radical (unpaired) electrons. The Kier molecular flexibility index (Phi) is 7.86. The maximum absolute atomic E-state index is 11.2. The topological polar surface area (TPSA) is 44.8 Å². The second-order valence-corrected chi connectivity index (χ2v) is 4.31. The van der Waals surface area contributed by atoms with E-state index >= 15 is 0 Å². The summed E-state index contributed by atoms with van der Waals surface area (Å²) in [6.45, 7) is 1.18. The highest BCUT2D eigenvalue weighted by atomic mass is 16.5. The van der Waals surface area contributed by atoms with Crippen molar-refractivity contribution in [3.63, 3.8) is 0 Å². The fourth-order valence-electron chi connectivity index (χ4n) is 1.73. The van der Waals surface area contributed by atoms with Gasteiger partial charge < -0.3 is 14.2 Å². The third kappa shape index (κ3) is 6.94. The van der Waals surface area contributed by atoms with Gasteiger partial charge in [-0.1, -0.05) is 30.3 Å². The van der Waals surface area contributed by atoms with Crippen molar-refractivity contribution >= 4 is 5.97 Å². The van der Waals surface area contributed by atoms with E-state index in [2.05, 4.69) is 4.74 Å². The van der Waals surface area contributed by atoms with E-state index < -0.39 is 0 Å². The molecule has 0 bridgehead atoms. The Morgan fingerprint density at radius 2 is 1.89 bits per heavy atom. The minimum atomic E-state index is -0.203. The molecule has 0 fully saturated rings. The number of hydrogen-bond donors (Lipinski definition) is 0. The third-order valence-corrected chi connectivity index (χ3v) is 2.87. The molecule has 1 aromatic rings. The van der Waals surface area contributed by atoms with Crippen LogP contribution in [-0.4, -0.2) is 32.9 Å². The van der Waals surface area contributed by atoms with Gasteiger partial charge in [0.15, 0.2) is 0 Å². The zero-order valence-electron chi connectivity index (χ0n) is 11.6. The Hall–Kier alpha value is -1.39. The first-order valence-electron chi connectivity index (χ1n) is 6.47. The smallest absolute Gasteiger partial charge is 0.305 e. The zero-order chi connectivity index (χ0) is 13.9. The molecule has 1 unspecified atom stereocenters. The predicted octanol–water partition coefficient (Wildman–Crippen LogP) is 2.56. The van der Waals surface area contributed by atoms with Crippen LogP contribution in [0.4, 0.5) is 0 Å². The predicted molar refractivity (Wildman–Crippen MR) is 72.8 cm³/mol. The van der Waals surface area contributed by atoms with Crippen LogP contribution in [0.5, 0.6) is 0 Å². The molecule has 1 atom stereocenters. The SMILES string of the molecule is COCCC(CCC(=O)OC)OCc1ccccc1. The number of rotatable bonds is 9. The maximum atomic E-state index is 11.2. The quantitative estimate of drug-likeness (QED) is 0.644. The average Bonchev–Trinajstić information content (AvgIpc) is 2.47. The highest BCUT2D eigenvalue weighted by molar-refractivity contribution is 5.69. The van der Waals surface area contributed by atoms with E-state index in [1.165, 1.54) is 7.11 Å². The van der Waals surface area contributed by atoms with Gasteiger partial charge in [-0.3, -0.25) is 4.79 Å². The van der Waals surface area contributed by atoms with Crippen LogP contribution < -0.4 is 0 Å². The van der Waals surface area contributed by atoms with Crippen molar-refractivity contribution in [2.45, 2.75) is 32.0 Å². The summed E-state index contributed by atoms with van der Waals surface area (Å²) in [4.78, 5) is 11.2. The minimum Gasteiger partial charge on any atom is -0.469 e. The minimum absolute atomic E-state index is 0.0132. The van der Waals surface area contributed by atoms with E-state index in [0.717, 1.165) is 12.0 Å². The van der Waals surface area contributed by atoms with Crippen molar-refractivity contribution < 1.29 is 19.0 Å². The van der Waals surface area contributed by atoms with Gasteiger partial charge in [0.2, 0.25) is 0 Å². The molecule has 0 amide bonds. The van der Waals surface area contributed by atoms with E-state index in [1.54, 1.807) is 7.11 Å². The lowest BCUT2D eigenvalue weighted by Crippen LogP contribution is -2.17. The normalized spacial score (nSPS) is 12.1. The van der Waals surface area contributed by atoms with Crippen LogP contribution in [0.2, 0.25) is 0 Å². The molecule has 4 nitrogen and oxygen atoms in total. The lowest BCUT2D eigenvalue weighted by atomic mass is 10.1. The van der Waals surface area contributed by atoms with Gasteiger partial charge in [0, 0.05) is 20.1 Å². The number of carbonyl (C=O) groups excluding carboxylic acids is 1. The van der Waals surface area contributed by atoms with Gasteiger partial charge in [0.1, 0.15) is 0 Å². The Balaban J connectivity index is 2.37. The van der Waals surface area contributed by atoms with Gasteiger partial charge in [-0.05, 0) is 18.4 Å². The fraction of sp³-hybridized carbons (Fsp3) is 0.533. The first-order chi connectivity index (χ1) is 9.26. The molecular weight excluding hydrogens is 244 g/mol. The molecule has 1 aromatic carbocycles. The van der Waals surface area contributed by atoms with Crippen LogP contribution in [0.15, 0.2) is 30.3 Å². The van der Waals surface area contributed by atoms with Crippen LogP contribution >= 0.6 is 0 Å². The Labute approximate surface area is 114 Å². The molecule has 19 heavy (non-hydrogen) atoms. The van der Waals surface area contributed by atoms with Crippen LogP contribution in [0.1, 0.15) is 24.8 Å². The van der Waals surface area contributed by atoms with Crippen LogP contribution in [0.25, 0.3) is 0 Å². The van der Waals surface area contributed by atoms with Gasteiger partial charge in [0.25, 0.3) is 0 Å². The lowest BCUT2D eigenvalue weighted by molar-refractivity contribution is -0.141. The van der Waals surface area contributed by atoms with Gasteiger partial charge in [-0.25, -0.2) is 0 Å². The van der Waals surface area contributed by atoms with E-state index in [1.807, 2.05) is 30.3 Å². The number of hydrogen-bond acceptors (Lipinski definition) is 4. The Morgan fingerprint density at radius 1 is 1.16 bits per heavy atom. The summed E-state index contributed by atoms with van der Waals surface area (Å²) in [5.74, 6) is -0.203. The van der Waals surface area contributed by atoms with Gasteiger partial charge >= 0.3 is 5.97 Å². The van der Waals surface area contributed by atoms with Crippen molar-refractivity contribution in [1.82, 2.24) is 0 Å². The largest absolute Gasteiger partial charge is 0.469 e. The molecule has 0 aliphatic carbocycles. The molecule has 0 N–H and O–H groups in total. The summed E-state index contributed by atoms with van der Waals surface area (Å²) in [5, 5.41) is 0. The first kappa shape index (κ1) is 15.7.